The van der Waals surface area contributed by atoms with Crippen LogP contribution >= 0.6 is 22.6 Å². The van der Waals surface area contributed by atoms with Crippen molar-refractivity contribution in [3.05, 3.63) is 63.4 Å². The predicted molar refractivity (Wildman–Crippen MR) is 129 cm³/mol. The van der Waals surface area contributed by atoms with Crippen LogP contribution in [0.15, 0.2) is 64.8 Å². The standard InChI is InChI=1S/C23H22IN3O5/c1-3-32-23(30)21(28)19(25)18-12-13-27(16-8-4-14(24)5-9-16)22(29)20(18)26-15-6-10-17(31-2)11-7-15/h4-11H,3,12-13,25H2,1-2H3. The normalized spacial score (nSPS) is 16.7. The summed E-state index contributed by atoms with van der Waals surface area (Å²) in [5, 5.41) is 0. The molecule has 0 bridgehead atoms. The number of Topliss-reactive ketones (excluding diaryl/α,β-unsaturated/α-hetero) is 1. The van der Waals surface area contributed by atoms with E-state index >= 15 is 0 Å². The summed E-state index contributed by atoms with van der Waals surface area (Å²) in [6, 6.07) is 14.3. The van der Waals surface area contributed by atoms with Gasteiger partial charge >= 0.3 is 5.97 Å². The van der Waals surface area contributed by atoms with Gasteiger partial charge in [0.05, 0.1) is 25.1 Å². The number of amides is 1. The van der Waals surface area contributed by atoms with E-state index in [-0.39, 0.29) is 36.6 Å². The number of rotatable bonds is 6. The van der Waals surface area contributed by atoms with E-state index in [2.05, 4.69) is 27.6 Å². The molecule has 0 radical (unpaired) electrons. The molecule has 0 spiro atoms. The number of ether oxygens (including phenoxy) is 2. The van der Waals surface area contributed by atoms with Crippen molar-refractivity contribution < 1.29 is 23.9 Å². The highest BCUT2D eigenvalue weighted by Crippen LogP contribution is 2.27. The van der Waals surface area contributed by atoms with Crippen LogP contribution in [0, 0.1) is 3.57 Å². The van der Waals surface area contributed by atoms with E-state index < -0.39 is 17.7 Å². The maximum absolute atomic E-state index is 13.4. The minimum Gasteiger partial charge on any atom is -0.497 e. The lowest BCUT2D eigenvalue weighted by atomic mass is 9.96. The molecule has 166 valence electrons. The van der Waals surface area contributed by atoms with Crippen LogP contribution in [0.1, 0.15) is 13.3 Å². The number of carbonyl (C=O) groups excluding carboxylic acids is 3. The van der Waals surface area contributed by atoms with Crippen molar-refractivity contribution in [2.75, 3.05) is 25.2 Å². The van der Waals surface area contributed by atoms with E-state index in [0.717, 1.165) is 3.57 Å². The Morgan fingerprint density at radius 1 is 1.12 bits per heavy atom. The zero-order valence-electron chi connectivity index (χ0n) is 17.6. The predicted octanol–water partition coefficient (Wildman–Crippen LogP) is 3.15. The monoisotopic (exact) mass is 547 g/mol. The number of nitrogens with zero attached hydrogens (tertiary/aromatic N) is 2. The first kappa shape index (κ1) is 23.5. The fraction of sp³-hybridized carbons (Fsp3) is 0.217. The molecule has 0 aliphatic carbocycles. The summed E-state index contributed by atoms with van der Waals surface area (Å²) in [4.78, 5) is 43.9. The fourth-order valence-corrected chi connectivity index (χ4v) is 3.53. The Balaban J connectivity index is 2.06. The van der Waals surface area contributed by atoms with Gasteiger partial charge in [-0.2, -0.15) is 0 Å². The Bertz CT molecular complexity index is 1090. The molecule has 9 heteroatoms. The van der Waals surface area contributed by atoms with Crippen molar-refractivity contribution in [2.24, 2.45) is 10.7 Å². The third-order valence-electron chi connectivity index (χ3n) is 4.80. The van der Waals surface area contributed by atoms with Gasteiger partial charge in [-0.05, 0) is 84.5 Å². The van der Waals surface area contributed by atoms with Crippen molar-refractivity contribution in [1.82, 2.24) is 0 Å². The van der Waals surface area contributed by atoms with Gasteiger partial charge in [0.25, 0.3) is 11.7 Å². The maximum atomic E-state index is 13.4. The Hall–Kier alpha value is -3.21. The first-order valence-corrected chi connectivity index (χ1v) is 10.9. The highest BCUT2D eigenvalue weighted by Gasteiger charge is 2.34. The molecule has 1 aliphatic rings. The number of piperidine rings is 1. The molecule has 0 aromatic heterocycles. The Labute approximate surface area is 199 Å². The lowest BCUT2D eigenvalue weighted by molar-refractivity contribution is -0.151. The number of esters is 1. The molecule has 1 fully saturated rings. The molecule has 3 rings (SSSR count). The summed E-state index contributed by atoms with van der Waals surface area (Å²) in [7, 11) is 1.55. The molecule has 0 unspecified atom stereocenters. The number of anilines is 1. The Morgan fingerprint density at radius 2 is 1.78 bits per heavy atom. The van der Waals surface area contributed by atoms with Crippen LogP contribution in [0.5, 0.6) is 5.75 Å². The number of methoxy groups -OCH3 is 1. The number of hydrogen-bond acceptors (Lipinski definition) is 7. The average Bonchev–Trinajstić information content (AvgIpc) is 2.80. The molecular formula is C23H22IN3O5. The molecule has 8 nitrogen and oxygen atoms in total. The first-order chi connectivity index (χ1) is 15.3. The zero-order valence-corrected chi connectivity index (χ0v) is 19.8. The van der Waals surface area contributed by atoms with Crippen LogP contribution in [-0.4, -0.2) is 43.6 Å². The second-order valence-corrected chi connectivity index (χ2v) is 8.03. The second-order valence-electron chi connectivity index (χ2n) is 6.78. The Morgan fingerprint density at radius 3 is 2.38 bits per heavy atom. The third-order valence-corrected chi connectivity index (χ3v) is 5.52. The summed E-state index contributed by atoms with van der Waals surface area (Å²) in [6.07, 6.45) is 0.254. The molecule has 0 atom stereocenters. The van der Waals surface area contributed by atoms with Crippen LogP contribution in [0.4, 0.5) is 11.4 Å². The number of benzene rings is 2. The largest absolute Gasteiger partial charge is 0.497 e. The molecule has 1 amide bonds. The van der Waals surface area contributed by atoms with Gasteiger partial charge in [0.15, 0.2) is 0 Å². The minimum absolute atomic E-state index is 0.00937. The van der Waals surface area contributed by atoms with Gasteiger partial charge in [0.2, 0.25) is 0 Å². The molecule has 2 N–H and O–H groups in total. The SMILES string of the molecule is CCOC(=O)C(=O)C(N)=C1CCN(c2ccc(I)cc2)C(=O)C1=Nc1ccc(OC)cc1. The highest BCUT2D eigenvalue weighted by molar-refractivity contribution is 14.1. The van der Waals surface area contributed by atoms with Gasteiger partial charge in [0.1, 0.15) is 11.5 Å². The number of carbonyl (C=O) groups is 3. The van der Waals surface area contributed by atoms with Gasteiger partial charge in [-0.25, -0.2) is 9.79 Å². The van der Waals surface area contributed by atoms with Crippen molar-refractivity contribution >= 4 is 57.3 Å². The van der Waals surface area contributed by atoms with Crippen LogP contribution in [0.3, 0.4) is 0 Å². The number of ketones is 1. The van der Waals surface area contributed by atoms with Gasteiger partial charge < -0.3 is 20.1 Å². The summed E-state index contributed by atoms with van der Waals surface area (Å²) in [5.74, 6) is -1.83. The van der Waals surface area contributed by atoms with Crippen LogP contribution in [0.2, 0.25) is 0 Å². The Kier molecular flexibility index (Phi) is 7.62. The van der Waals surface area contributed by atoms with Crippen LogP contribution < -0.4 is 15.4 Å². The summed E-state index contributed by atoms with van der Waals surface area (Å²) in [6.45, 7) is 1.92. The molecule has 0 saturated carbocycles. The van der Waals surface area contributed by atoms with Crippen molar-refractivity contribution in [3.63, 3.8) is 0 Å². The molecule has 1 aliphatic heterocycles. The smallest absolute Gasteiger partial charge is 0.381 e. The molecule has 2 aromatic rings. The fourth-order valence-electron chi connectivity index (χ4n) is 3.17. The van der Waals surface area contributed by atoms with Gasteiger partial charge in [-0.15, -0.1) is 0 Å². The molecule has 32 heavy (non-hydrogen) atoms. The van der Waals surface area contributed by atoms with Gasteiger partial charge in [-0.3, -0.25) is 9.59 Å². The quantitative estimate of drug-likeness (QED) is 0.258. The van der Waals surface area contributed by atoms with E-state index in [0.29, 0.717) is 17.1 Å². The third kappa shape index (κ3) is 5.16. The van der Waals surface area contributed by atoms with Gasteiger partial charge in [-0.1, -0.05) is 0 Å². The average molecular weight is 547 g/mol. The maximum Gasteiger partial charge on any atom is 0.381 e. The van der Waals surface area contributed by atoms with Crippen molar-refractivity contribution in [2.45, 2.75) is 13.3 Å². The summed E-state index contributed by atoms with van der Waals surface area (Å²) in [5.41, 5.74) is 7.13. The topological polar surface area (TPSA) is 111 Å². The summed E-state index contributed by atoms with van der Waals surface area (Å²) >= 11 is 2.19. The highest BCUT2D eigenvalue weighted by atomic mass is 127. The molecule has 2 aromatic carbocycles. The van der Waals surface area contributed by atoms with Crippen molar-refractivity contribution in [1.29, 1.82) is 0 Å². The van der Waals surface area contributed by atoms with Crippen LogP contribution in [0.25, 0.3) is 0 Å². The molecule has 1 heterocycles. The van der Waals surface area contributed by atoms with Gasteiger partial charge in [0, 0.05) is 21.4 Å². The van der Waals surface area contributed by atoms with E-state index in [1.165, 1.54) is 0 Å². The minimum atomic E-state index is -1.06. The van der Waals surface area contributed by atoms with Crippen molar-refractivity contribution in [3.8, 4) is 5.75 Å². The molecular weight excluding hydrogens is 525 g/mol. The van der Waals surface area contributed by atoms with E-state index in [1.807, 2.05) is 24.3 Å². The zero-order chi connectivity index (χ0) is 23.3. The number of hydrogen-bond donors (Lipinski definition) is 1. The van der Waals surface area contributed by atoms with E-state index in [9.17, 15) is 14.4 Å². The lowest BCUT2D eigenvalue weighted by Gasteiger charge is -2.30. The van der Waals surface area contributed by atoms with Crippen LogP contribution in [-0.2, 0) is 19.1 Å². The summed E-state index contributed by atoms with van der Waals surface area (Å²) < 4.78 is 11.0. The second kappa shape index (κ2) is 10.4. The lowest BCUT2D eigenvalue weighted by Crippen LogP contribution is -2.44. The van der Waals surface area contributed by atoms with E-state index in [1.54, 1.807) is 43.2 Å². The number of aliphatic imine (C=N–C) groups is 1. The van der Waals surface area contributed by atoms with E-state index in [4.69, 9.17) is 15.2 Å². The number of halogens is 1. The first-order valence-electron chi connectivity index (χ1n) is 9.86. The molecule has 1 saturated heterocycles. The number of nitrogens with two attached hydrogens (primary N) is 1.